The predicted molar refractivity (Wildman–Crippen MR) is 82.5 cm³/mol. The van der Waals surface area contributed by atoms with E-state index >= 15 is 0 Å². The van der Waals surface area contributed by atoms with E-state index in [9.17, 15) is 0 Å². The lowest BCUT2D eigenvalue weighted by Crippen LogP contribution is -2.28. The first-order valence-electron chi connectivity index (χ1n) is 7.58. The summed E-state index contributed by atoms with van der Waals surface area (Å²) in [6.07, 6.45) is 5.26. The van der Waals surface area contributed by atoms with Crippen LogP contribution < -0.4 is 14.8 Å². The van der Waals surface area contributed by atoms with Crippen LogP contribution in [0.15, 0.2) is 18.2 Å². The van der Waals surface area contributed by atoms with Gasteiger partial charge in [-0.1, -0.05) is 25.8 Å². The first kappa shape index (κ1) is 15.2. The first-order chi connectivity index (χ1) is 9.69. The Bertz CT molecular complexity index is 425. The highest BCUT2D eigenvalue weighted by Gasteiger charge is 2.28. The SMILES string of the molecule is CNC(c1ccc(OC)cc1OC)C1CCC(C)CC1. The summed E-state index contributed by atoms with van der Waals surface area (Å²) in [5, 5.41) is 3.49. The molecule has 0 aliphatic heterocycles. The second kappa shape index (κ2) is 6.98. The fourth-order valence-corrected chi connectivity index (χ4v) is 3.34. The Morgan fingerprint density at radius 1 is 1.10 bits per heavy atom. The first-order valence-corrected chi connectivity index (χ1v) is 7.58. The third-order valence-electron chi connectivity index (χ3n) is 4.62. The van der Waals surface area contributed by atoms with E-state index in [1.54, 1.807) is 14.2 Å². The minimum atomic E-state index is 0.364. The Labute approximate surface area is 122 Å². The van der Waals surface area contributed by atoms with Crippen molar-refractivity contribution in [2.75, 3.05) is 21.3 Å². The van der Waals surface area contributed by atoms with Crippen LogP contribution in [0.3, 0.4) is 0 Å². The van der Waals surface area contributed by atoms with Crippen molar-refractivity contribution in [1.29, 1.82) is 0 Å². The molecule has 0 spiro atoms. The number of hydrogen-bond acceptors (Lipinski definition) is 3. The highest BCUT2D eigenvalue weighted by atomic mass is 16.5. The van der Waals surface area contributed by atoms with Gasteiger partial charge in [0.2, 0.25) is 0 Å². The molecule has 0 radical (unpaired) electrons. The zero-order chi connectivity index (χ0) is 14.5. The van der Waals surface area contributed by atoms with E-state index in [-0.39, 0.29) is 0 Å². The quantitative estimate of drug-likeness (QED) is 0.888. The smallest absolute Gasteiger partial charge is 0.127 e. The summed E-state index contributed by atoms with van der Waals surface area (Å²) in [6, 6.07) is 6.50. The van der Waals surface area contributed by atoms with E-state index < -0.39 is 0 Å². The zero-order valence-corrected chi connectivity index (χ0v) is 13.1. The second-order valence-corrected chi connectivity index (χ2v) is 5.89. The van der Waals surface area contributed by atoms with Crippen LogP contribution in [-0.2, 0) is 0 Å². The molecule has 3 nitrogen and oxygen atoms in total. The van der Waals surface area contributed by atoms with Crippen LogP contribution in [0.25, 0.3) is 0 Å². The molecule has 1 aliphatic rings. The van der Waals surface area contributed by atoms with Gasteiger partial charge in [-0.25, -0.2) is 0 Å². The van der Waals surface area contributed by atoms with E-state index in [0.29, 0.717) is 12.0 Å². The van der Waals surface area contributed by atoms with E-state index in [2.05, 4.69) is 18.3 Å². The van der Waals surface area contributed by atoms with Gasteiger partial charge in [-0.15, -0.1) is 0 Å². The van der Waals surface area contributed by atoms with Crippen LogP contribution in [0, 0.1) is 11.8 Å². The van der Waals surface area contributed by atoms with Crippen molar-refractivity contribution in [1.82, 2.24) is 5.32 Å². The topological polar surface area (TPSA) is 30.5 Å². The normalized spacial score (nSPS) is 24.2. The summed E-state index contributed by atoms with van der Waals surface area (Å²) in [6.45, 7) is 2.36. The molecule has 112 valence electrons. The molecule has 1 fully saturated rings. The average molecular weight is 277 g/mol. The van der Waals surface area contributed by atoms with Crippen molar-refractivity contribution >= 4 is 0 Å². The molecule has 0 bridgehead atoms. The Balaban J connectivity index is 2.22. The minimum Gasteiger partial charge on any atom is -0.497 e. The number of methoxy groups -OCH3 is 2. The Morgan fingerprint density at radius 2 is 1.80 bits per heavy atom. The lowest BCUT2D eigenvalue weighted by atomic mass is 9.77. The zero-order valence-electron chi connectivity index (χ0n) is 13.1. The fourth-order valence-electron chi connectivity index (χ4n) is 3.34. The Hall–Kier alpha value is -1.22. The van der Waals surface area contributed by atoms with Gasteiger partial charge in [0.05, 0.1) is 14.2 Å². The molecule has 0 saturated heterocycles. The van der Waals surface area contributed by atoms with Crippen LogP contribution >= 0.6 is 0 Å². The summed E-state index contributed by atoms with van der Waals surface area (Å²) >= 11 is 0. The molecule has 1 N–H and O–H groups in total. The van der Waals surface area contributed by atoms with Gasteiger partial charge in [-0.05, 0) is 37.8 Å². The Kier molecular flexibility index (Phi) is 5.30. The van der Waals surface area contributed by atoms with E-state index in [1.807, 2.05) is 19.2 Å². The third-order valence-corrected chi connectivity index (χ3v) is 4.62. The molecule has 1 saturated carbocycles. The van der Waals surface area contributed by atoms with E-state index in [1.165, 1.54) is 31.2 Å². The number of hydrogen-bond donors (Lipinski definition) is 1. The molecule has 1 aliphatic carbocycles. The van der Waals surface area contributed by atoms with Crippen molar-refractivity contribution in [3.63, 3.8) is 0 Å². The van der Waals surface area contributed by atoms with Gasteiger partial charge in [0, 0.05) is 17.7 Å². The van der Waals surface area contributed by atoms with Crippen LogP contribution in [0.2, 0.25) is 0 Å². The third kappa shape index (κ3) is 3.26. The maximum absolute atomic E-state index is 5.56. The van der Waals surface area contributed by atoms with Crippen molar-refractivity contribution < 1.29 is 9.47 Å². The molecule has 1 unspecified atom stereocenters. The molecular weight excluding hydrogens is 250 g/mol. The number of ether oxygens (including phenoxy) is 2. The maximum Gasteiger partial charge on any atom is 0.127 e. The molecule has 20 heavy (non-hydrogen) atoms. The van der Waals surface area contributed by atoms with Crippen LogP contribution in [-0.4, -0.2) is 21.3 Å². The monoisotopic (exact) mass is 277 g/mol. The number of benzene rings is 1. The molecule has 1 aromatic carbocycles. The van der Waals surface area contributed by atoms with E-state index in [4.69, 9.17) is 9.47 Å². The van der Waals surface area contributed by atoms with E-state index in [0.717, 1.165) is 17.4 Å². The largest absolute Gasteiger partial charge is 0.497 e. The summed E-state index contributed by atoms with van der Waals surface area (Å²) in [5.74, 6) is 3.33. The van der Waals surface area contributed by atoms with Crippen molar-refractivity contribution in [2.24, 2.45) is 11.8 Å². The molecular formula is C17H27NO2. The summed E-state index contributed by atoms with van der Waals surface area (Å²) in [7, 11) is 5.47. The van der Waals surface area contributed by atoms with Crippen LogP contribution in [0.1, 0.15) is 44.2 Å². The van der Waals surface area contributed by atoms with Crippen LogP contribution in [0.4, 0.5) is 0 Å². The maximum atomic E-state index is 5.56. The summed E-state index contributed by atoms with van der Waals surface area (Å²) < 4.78 is 10.8. The molecule has 3 heteroatoms. The highest BCUT2D eigenvalue weighted by Crippen LogP contribution is 2.40. The highest BCUT2D eigenvalue weighted by molar-refractivity contribution is 5.42. The summed E-state index contributed by atoms with van der Waals surface area (Å²) in [4.78, 5) is 0. The van der Waals surface area contributed by atoms with Crippen LogP contribution in [0.5, 0.6) is 11.5 Å². The van der Waals surface area contributed by atoms with Gasteiger partial charge in [-0.2, -0.15) is 0 Å². The van der Waals surface area contributed by atoms with Gasteiger partial charge < -0.3 is 14.8 Å². The molecule has 1 atom stereocenters. The van der Waals surface area contributed by atoms with Gasteiger partial charge in [0.1, 0.15) is 11.5 Å². The standard InChI is InChI=1S/C17H27NO2/c1-12-5-7-13(8-6-12)17(18-2)15-10-9-14(19-3)11-16(15)20-4/h9-13,17-18H,5-8H2,1-4H3. The average Bonchev–Trinajstić information content (AvgIpc) is 2.50. The van der Waals surface area contributed by atoms with Crippen molar-refractivity contribution in [3.8, 4) is 11.5 Å². The predicted octanol–water partition coefficient (Wildman–Crippen LogP) is 3.79. The molecule has 0 aromatic heterocycles. The van der Waals surface area contributed by atoms with Crippen molar-refractivity contribution in [3.05, 3.63) is 23.8 Å². The second-order valence-electron chi connectivity index (χ2n) is 5.89. The molecule has 0 heterocycles. The van der Waals surface area contributed by atoms with Gasteiger partial charge in [-0.3, -0.25) is 0 Å². The molecule has 2 rings (SSSR count). The lowest BCUT2D eigenvalue weighted by Gasteiger charge is -2.33. The van der Waals surface area contributed by atoms with Crippen molar-refractivity contribution in [2.45, 2.75) is 38.6 Å². The number of rotatable bonds is 5. The fraction of sp³-hybridized carbons (Fsp3) is 0.647. The number of nitrogens with one attached hydrogen (secondary N) is 1. The molecule has 1 aromatic rings. The van der Waals surface area contributed by atoms with Gasteiger partial charge in [0.15, 0.2) is 0 Å². The minimum absolute atomic E-state index is 0.364. The molecule has 0 amide bonds. The van der Waals surface area contributed by atoms with Gasteiger partial charge >= 0.3 is 0 Å². The Morgan fingerprint density at radius 3 is 2.35 bits per heavy atom. The van der Waals surface area contributed by atoms with Gasteiger partial charge in [0.25, 0.3) is 0 Å². The summed E-state index contributed by atoms with van der Waals surface area (Å²) in [5.41, 5.74) is 1.25. The lowest BCUT2D eigenvalue weighted by molar-refractivity contribution is 0.234.